The lowest BCUT2D eigenvalue weighted by Crippen LogP contribution is -2.26. The molecule has 0 amide bonds. The predicted molar refractivity (Wildman–Crippen MR) is 77.4 cm³/mol. The first-order chi connectivity index (χ1) is 9.47. The fourth-order valence-corrected chi connectivity index (χ4v) is 2.78. The SMILES string of the molecule is O=S(=O)(NCCc1cccc(Cl)c1)c1cnc(Cl)nc1. The van der Waals surface area contributed by atoms with Gasteiger partial charge in [-0.3, -0.25) is 0 Å². The lowest BCUT2D eigenvalue weighted by molar-refractivity contribution is 0.580. The zero-order valence-corrected chi connectivity index (χ0v) is 12.6. The molecule has 0 fully saturated rings. The van der Waals surface area contributed by atoms with Crippen molar-refractivity contribution in [3.63, 3.8) is 0 Å². The van der Waals surface area contributed by atoms with Gasteiger partial charge >= 0.3 is 0 Å². The van der Waals surface area contributed by atoms with Gasteiger partial charge in [0, 0.05) is 11.6 Å². The van der Waals surface area contributed by atoms with Crippen LogP contribution in [0.15, 0.2) is 41.6 Å². The summed E-state index contributed by atoms with van der Waals surface area (Å²) < 4.78 is 26.3. The molecule has 1 heterocycles. The number of aromatic nitrogens is 2. The second-order valence-electron chi connectivity index (χ2n) is 3.97. The van der Waals surface area contributed by atoms with E-state index in [0.717, 1.165) is 18.0 Å². The Bertz CT molecular complexity index is 690. The molecule has 0 atom stereocenters. The molecule has 1 N–H and O–H groups in total. The maximum Gasteiger partial charge on any atom is 0.243 e. The van der Waals surface area contributed by atoms with E-state index in [0.29, 0.717) is 11.4 Å². The van der Waals surface area contributed by atoms with E-state index >= 15 is 0 Å². The highest BCUT2D eigenvalue weighted by molar-refractivity contribution is 7.89. The van der Waals surface area contributed by atoms with Crippen LogP contribution in [0.5, 0.6) is 0 Å². The zero-order chi connectivity index (χ0) is 14.6. The molecule has 0 bridgehead atoms. The summed E-state index contributed by atoms with van der Waals surface area (Å²) in [6, 6.07) is 7.26. The Morgan fingerprint density at radius 3 is 2.50 bits per heavy atom. The van der Waals surface area contributed by atoms with Crippen molar-refractivity contribution in [2.24, 2.45) is 0 Å². The minimum absolute atomic E-state index is 0.00266. The van der Waals surface area contributed by atoms with Crippen LogP contribution in [0, 0.1) is 0 Å². The van der Waals surface area contributed by atoms with Gasteiger partial charge in [0.15, 0.2) is 0 Å². The number of nitrogens with zero attached hydrogens (tertiary/aromatic N) is 2. The summed E-state index contributed by atoms with van der Waals surface area (Å²) in [6.45, 7) is 0.255. The molecule has 0 aliphatic rings. The van der Waals surface area contributed by atoms with Crippen LogP contribution in [0.25, 0.3) is 0 Å². The third-order valence-corrected chi connectivity index (χ3v) is 4.35. The molecule has 0 aliphatic heterocycles. The van der Waals surface area contributed by atoms with Crippen molar-refractivity contribution < 1.29 is 8.42 Å². The average Bonchev–Trinajstić information content (AvgIpc) is 2.39. The standard InChI is InChI=1S/C12H11Cl2N3O2S/c13-10-3-1-2-9(6-10)4-5-17-20(18,19)11-7-15-12(14)16-8-11/h1-3,6-8,17H,4-5H2. The van der Waals surface area contributed by atoms with Gasteiger partial charge in [0.25, 0.3) is 0 Å². The van der Waals surface area contributed by atoms with Crippen molar-refractivity contribution in [1.82, 2.24) is 14.7 Å². The van der Waals surface area contributed by atoms with Gasteiger partial charge in [0.05, 0.1) is 12.4 Å². The quantitative estimate of drug-likeness (QED) is 0.853. The number of sulfonamides is 1. The molecule has 8 heteroatoms. The summed E-state index contributed by atoms with van der Waals surface area (Å²) in [7, 11) is -3.62. The molecule has 1 aromatic heterocycles. The molecule has 1 aromatic carbocycles. The first-order valence-corrected chi connectivity index (χ1v) is 7.93. The van der Waals surface area contributed by atoms with E-state index in [2.05, 4.69) is 14.7 Å². The van der Waals surface area contributed by atoms with Crippen molar-refractivity contribution in [3.8, 4) is 0 Å². The molecule has 0 saturated carbocycles. The summed E-state index contributed by atoms with van der Waals surface area (Å²) >= 11 is 11.4. The van der Waals surface area contributed by atoms with Crippen molar-refractivity contribution in [2.75, 3.05) is 6.54 Å². The number of halogens is 2. The normalized spacial score (nSPS) is 11.5. The zero-order valence-electron chi connectivity index (χ0n) is 10.3. The highest BCUT2D eigenvalue weighted by Gasteiger charge is 2.14. The molecule has 106 valence electrons. The fraction of sp³-hybridized carbons (Fsp3) is 0.167. The van der Waals surface area contributed by atoms with Crippen molar-refractivity contribution in [3.05, 3.63) is 52.5 Å². The molecule has 5 nitrogen and oxygen atoms in total. The Hall–Kier alpha value is -1.21. The van der Waals surface area contributed by atoms with E-state index in [1.165, 1.54) is 0 Å². The van der Waals surface area contributed by atoms with Gasteiger partial charge in [-0.15, -0.1) is 0 Å². The number of hydrogen-bond donors (Lipinski definition) is 1. The topological polar surface area (TPSA) is 72.0 Å². The van der Waals surface area contributed by atoms with E-state index in [9.17, 15) is 8.42 Å². The third-order valence-electron chi connectivity index (χ3n) is 2.50. The van der Waals surface area contributed by atoms with Crippen LogP contribution < -0.4 is 4.72 Å². The number of hydrogen-bond acceptors (Lipinski definition) is 4. The summed E-state index contributed by atoms with van der Waals surface area (Å²) in [4.78, 5) is 7.26. The van der Waals surface area contributed by atoms with Crippen molar-refractivity contribution in [1.29, 1.82) is 0 Å². The van der Waals surface area contributed by atoms with Crippen LogP contribution in [-0.2, 0) is 16.4 Å². The molecular weight excluding hydrogens is 321 g/mol. The second kappa shape index (κ2) is 6.49. The third kappa shape index (κ3) is 4.14. The largest absolute Gasteiger partial charge is 0.243 e. The van der Waals surface area contributed by atoms with E-state index in [4.69, 9.17) is 23.2 Å². The molecule has 2 rings (SSSR count). The molecule has 0 unspecified atom stereocenters. The lowest BCUT2D eigenvalue weighted by Gasteiger charge is -2.06. The number of benzene rings is 1. The minimum Gasteiger partial charge on any atom is -0.225 e. The minimum atomic E-state index is -3.62. The first kappa shape index (κ1) is 15.2. The molecular formula is C12H11Cl2N3O2S. The average molecular weight is 332 g/mol. The summed E-state index contributed by atoms with van der Waals surface area (Å²) in [5.41, 5.74) is 0.951. The highest BCUT2D eigenvalue weighted by Crippen LogP contribution is 2.11. The molecule has 0 radical (unpaired) electrons. The molecule has 0 saturated heterocycles. The Balaban J connectivity index is 1.98. The molecule has 0 aliphatic carbocycles. The van der Waals surface area contributed by atoms with E-state index in [1.54, 1.807) is 12.1 Å². The van der Waals surface area contributed by atoms with Crippen LogP contribution in [0.1, 0.15) is 5.56 Å². The predicted octanol–water partition coefficient (Wildman–Crippen LogP) is 2.30. The van der Waals surface area contributed by atoms with Gasteiger partial charge in [-0.25, -0.2) is 23.1 Å². The fourth-order valence-electron chi connectivity index (χ4n) is 1.54. The Morgan fingerprint density at radius 2 is 1.85 bits per heavy atom. The number of rotatable bonds is 5. The van der Waals surface area contributed by atoms with Crippen LogP contribution in [0.2, 0.25) is 10.3 Å². The molecule has 2 aromatic rings. The first-order valence-electron chi connectivity index (χ1n) is 5.69. The monoisotopic (exact) mass is 331 g/mol. The van der Waals surface area contributed by atoms with Gasteiger partial charge in [0.1, 0.15) is 4.90 Å². The van der Waals surface area contributed by atoms with Crippen LogP contribution in [0.3, 0.4) is 0 Å². The van der Waals surface area contributed by atoms with Gasteiger partial charge in [0.2, 0.25) is 15.3 Å². The number of nitrogens with one attached hydrogen (secondary N) is 1. The molecule has 20 heavy (non-hydrogen) atoms. The van der Waals surface area contributed by atoms with Gasteiger partial charge < -0.3 is 0 Å². The lowest BCUT2D eigenvalue weighted by atomic mass is 10.2. The Labute approximate surface area is 127 Å². The van der Waals surface area contributed by atoms with Gasteiger partial charge in [-0.05, 0) is 35.7 Å². The van der Waals surface area contributed by atoms with E-state index < -0.39 is 10.0 Å². The summed E-state index contributed by atoms with van der Waals surface area (Å²) in [6.07, 6.45) is 2.86. The molecule has 0 spiro atoms. The van der Waals surface area contributed by atoms with Crippen LogP contribution >= 0.6 is 23.2 Å². The van der Waals surface area contributed by atoms with Gasteiger partial charge in [-0.2, -0.15) is 0 Å². The smallest absolute Gasteiger partial charge is 0.225 e. The highest BCUT2D eigenvalue weighted by atomic mass is 35.5. The van der Waals surface area contributed by atoms with Crippen molar-refractivity contribution >= 4 is 33.2 Å². The Kier molecular flexibility index (Phi) is 4.93. The van der Waals surface area contributed by atoms with Crippen molar-refractivity contribution in [2.45, 2.75) is 11.3 Å². The summed E-state index contributed by atoms with van der Waals surface area (Å²) in [5, 5.41) is 0.624. The second-order valence-corrected chi connectivity index (χ2v) is 6.51. The van der Waals surface area contributed by atoms with Crippen LogP contribution in [0.4, 0.5) is 0 Å². The maximum atomic E-state index is 11.9. The Morgan fingerprint density at radius 1 is 1.15 bits per heavy atom. The van der Waals surface area contributed by atoms with Crippen LogP contribution in [-0.4, -0.2) is 24.9 Å². The maximum absolute atomic E-state index is 11.9. The summed E-state index contributed by atoms with van der Waals surface area (Å²) in [5.74, 6) is 0. The van der Waals surface area contributed by atoms with E-state index in [1.807, 2.05) is 12.1 Å². The van der Waals surface area contributed by atoms with Gasteiger partial charge in [-0.1, -0.05) is 23.7 Å². The van der Waals surface area contributed by atoms with E-state index in [-0.39, 0.29) is 16.7 Å².